The van der Waals surface area contributed by atoms with Gasteiger partial charge in [0.1, 0.15) is 11.5 Å². The molecule has 100 valence electrons. The van der Waals surface area contributed by atoms with Crippen molar-refractivity contribution in [3.8, 4) is 0 Å². The van der Waals surface area contributed by atoms with Gasteiger partial charge in [0.25, 0.3) is 5.91 Å². The zero-order valence-corrected chi connectivity index (χ0v) is 12.8. The van der Waals surface area contributed by atoms with Crippen LogP contribution in [0.2, 0.25) is 5.02 Å². The van der Waals surface area contributed by atoms with E-state index in [0.717, 1.165) is 9.35 Å². The molecule has 0 radical (unpaired) electrons. The molecule has 19 heavy (non-hydrogen) atoms. The van der Waals surface area contributed by atoms with Gasteiger partial charge in [-0.25, -0.2) is 10.8 Å². The van der Waals surface area contributed by atoms with Crippen LogP contribution in [0.3, 0.4) is 0 Å². The molecule has 2 aromatic rings. The standard InChI is InChI=1S/C11H10BrClN4OS/c12-6-3-4-19-8(6)5-15-11(18)10-7(13)1-2-9(16-10)17-14/h1-4H,5,14H2,(H,15,18)(H,16,17). The van der Waals surface area contributed by atoms with E-state index in [1.165, 1.54) is 0 Å². The first-order chi connectivity index (χ1) is 9.11. The van der Waals surface area contributed by atoms with E-state index in [0.29, 0.717) is 12.4 Å². The molecule has 2 heterocycles. The number of nitrogens with zero attached hydrogens (tertiary/aromatic N) is 1. The topological polar surface area (TPSA) is 80.0 Å². The van der Waals surface area contributed by atoms with E-state index in [2.05, 4.69) is 31.7 Å². The van der Waals surface area contributed by atoms with Gasteiger partial charge in [-0.15, -0.1) is 11.3 Å². The van der Waals surface area contributed by atoms with Crippen molar-refractivity contribution in [3.63, 3.8) is 0 Å². The lowest BCUT2D eigenvalue weighted by Crippen LogP contribution is -2.24. The molecule has 0 fully saturated rings. The van der Waals surface area contributed by atoms with Crippen LogP contribution in [0, 0.1) is 0 Å². The molecule has 4 N–H and O–H groups in total. The summed E-state index contributed by atoms with van der Waals surface area (Å²) in [6.45, 7) is 0.412. The van der Waals surface area contributed by atoms with E-state index in [9.17, 15) is 4.79 Å². The Balaban J connectivity index is 2.10. The maximum absolute atomic E-state index is 12.0. The van der Waals surface area contributed by atoms with E-state index in [4.69, 9.17) is 17.4 Å². The van der Waals surface area contributed by atoms with Crippen molar-refractivity contribution >= 4 is 50.6 Å². The lowest BCUT2D eigenvalue weighted by molar-refractivity contribution is 0.0946. The summed E-state index contributed by atoms with van der Waals surface area (Å²) in [5.74, 6) is 5.28. The molecule has 8 heteroatoms. The molecule has 5 nitrogen and oxygen atoms in total. The van der Waals surface area contributed by atoms with Crippen molar-refractivity contribution in [2.75, 3.05) is 5.43 Å². The second-order valence-corrected chi connectivity index (χ2v) is 5.81. The van der Waals surface area contributed by atoms with Gasteiger partial charge in [0.2, 0.25) is 0 Å². The molecule has 0 saturated heterocycles. The van der Waals surface area contributed by atoms with Gasteiger partial charge in [0, 0.05) is 9.35 Å². The number of halogens is 2. The number of nitrogens with one attached hydrogen (secondary N) is 2. The molecular formula is C11H10BrClN4OS. The monoisotopic (exact) mass is 360 g/mol. The van der Waals surface area contributed by atoms with Crippen LogP contribution >= 0.6 is 38.9 Å². The van der Waals surface area contributed by atoms with Gasteiger partial charge in [-0.1, -0.05) is 11.6 Å². The van der Waals surface area contributed by atoms with Crippen LogP contribution in [0.4, 0.5) is 5.82 Å². The summed E-state index contributed by atoms with van der Waals surface area (Å²) in [5, 5.41) is 4.98. The normalized spacial score (nSPS) is 10.3. The fourth-order valence-electron chi connectivity index (χ4n) is 1.38. The molecular weight excluding hydrogens is 352 g/mol. The second kappa shape index (κ2) is 6.33. The zero-order chi connectivity index (χ0) is 13.8. The van der Waals surface area contributed by atoms with Gasteiger partial charge in [-0.2, -0.15) is 0 Å². The van der Waals surface area contributed by atoms with E-state index >= 15 is 0 Å². The van der Waals surface area contributed by atoms with Gasteiger partial charge in [-0.3, -0.25) is 4.79 Å². The second-order valence-electron chi connectivity index (χ2n) is 3.55. The summed E-state index contributed by atoms with van der Waals surface area (Å²) in [4.78, 5) is 17.1. The lowest BCUT2D eigenvalue weighted by Gasteiger charge is -2.07. The van der Waals surface area contributed by atoms with Crippen LogP contribution in [0.1, 0.15) is 15.4 Å². The number of nitrogens with two attached hydrogens (primary N) is 1. The summed E-state index contributed by atoms with van der Waals surface area (Å²) in [7, 11) is 0. The molecule has 0 unspecified atom stereocenters. The number of pyridine rings is 1. The van der Waals surface area contributed by atoms with Crippen LogP contribution in [-0.4, -0.2) is 10.9 Å². The number of rotatable bonds is 4. The summed E-state index contributed by atoms with van der Waals surface area (Å²) in [5.41, 5.74) is 2.52. The number of aromatic nitrogens is 1. The molecule has 0 spiro atoms. The van der Waals surface area contributed by atoms with Crippen LogP contribution in [0.15, 0.2) is 28.1 Å². The number of nitrogen functional groups attached to an aromatic ring is 1. The molecule has 0 saturated carbocycles. The highest BCUT2D eigenvalue weighted by Gasteiger charge is 2.13. The number of hydrogen-bond donors (Lipinski definition) is 3. The Bertz CT molecular complexity index is 604. The van der Waals surface area contributed by atoms with Crippen LogP contribution < -0.4 is 16.6 Å². The first kappa shape index (κ1) is 14.3. The number of carbonyl (C=O) groups excluding carboxylic acids is 1. The van der Waals surface area contributed by atoms with Crippen LogP contribution in [0.5, 0.6) is 0 Å². The first-order valence-electron chi connectivity index (χ1n) is 5.25. The van der Waals surface area contributed by atoms with E-state index in [1.807, 2.05) is 11.4 Å². The lowest BCUT2D eigenvalue weighted by atomic mass is 10.3. The Morgan fingerprint density at radius 2 is 2.26 bits per heavy atom. The number of thiophene rings is 1. The predicted octanol–water partition coefficient (Wildman–Crippen LogP) is 2.77. The predicted molar refractivity (Wildman–Crippen MR) is 80.2 cm³/mol. The van der Waals surface area contributed by atoms with Crippen molar-refractivity contribution < 1.29 is 4.79 Å². The van der Waals surface area contributed by atoms with Crippen LogP contribution in [0.25, 0.3) is 0 Å². The maximum atomic E-state index is 12.0. The molecule has 0 aliphatic carbocycles. The third-order valence-corrected chi connectivity index (χ3v) is 4.54. The maximum Gasteiger partial charge on any atom is 0.271 e. The van der Waals surface area contributed by atoms with E-state index in [1.54, 1.807) is 23.5 Å². The summed E-state index contributed by atoms with van der Waals surface area (Å²) in [6, 6.07) is 5.09. The van der Waals surface area contributed by atoms with Gasteiger partial charge in [0.05, 0.1) is 11.6 Å². The summed E-state index contributed by atoms with van der Waals surface area (Å²) in [6.07, 6.45) is 0. The van der Waals surface area contributed by atoms with Crippen molar-refractivity contribution in [3.05, 3.63) is 43.6 Å². The van der Waals surface area contributed by atoms with Crippen molar-refractivity contribution in [1.29, 1.82) is 0 Å². The highest BCUT2D eigenvalue weighted by atomic mass is 79.9. The van der Waals surface area contributed by atoms with Crippen molar-refractivity contribution in [2.24, 2.45) is 5.84 Å². The average Bonchev–Trinajstić information content (AvgIpc) is 2.82. The smallest absolute Gasteiger partial charge is 0.271 e. The minimum absolute atomic E-state index is 0.143. The SMILES string of the molecule is NNc1ccc(Cl)c(C(=O)NCc2sccc2Br)n1. The molecule has 2 aromatic heterocycles. The number of carbonyl (C=O) groups is 1. The van der Waals surface area contributed by atoms with E-state index in [-0.39, 0.29) is 16.6 Å². The number of amides is 1. The van der Waals surface area contributed by atoms with Gasteiger partial charge in [-0.05, 0) is 39.5 Å². The zero-order valence-electron chi connectivity index (χ0n) is 9.61. The van der Waals surface area contributed by atoms with Crippen LogP contribution in [-0.2, 0) is 6.54 Å². The average molecular weight is 362 g/mol. The third-order valence-electron chi connectivity index (χ3n) is 2.31. The van der Waals surface area contributed by atoms with E-state index < -0.39 is 0 Å². The molecule has 0 atom stereocenters. The minimum atomic E-state index is -0.345. The van der Waals surface area contributed by atoms with Crippen molar-refractivity contribution in [2.45, 2.75) is 6.54 Å². The fourth-order valence-corrected chi connectivity index (χ4v) is 3.00. The molecule has 2 rings (SSSR count). The Morgan fingerprint density at radius 3 is 2.89 bits per heavy atom. The largest absolute Gasteiger partial charge is 0.346 e. The number of anilines is 1. The number of hydrogen-bond acceptors (Lipinski definition) is 5. The highest BCUT2D eigenvalue weighted by molar-refractivity contribution is 9.10. The molecule has 0 aromatic carbocycles. The Labute approximate surface area is 127 Å². The Hall–Kier alpha value is -1.15. The summed E-state index contributed by atoms with van der Waals surface area (Å²) >= 11 is 10.9. The Morgan fingerprint density at radius 1 is 1.47 bits per heavy atom. The molecule has 0 aliphatic heterocycles. The van der Waals surface area contributed by atoms with Gasteiger partial charge >= 0.3 is 0 Å². The quantitative estimate of drug-likeness (QED) is 0.578. The third kappa shape index (κ3) is 3.44. The Kier molecular flexibility index (Phi) is 4.76. The summed E-state index contributed by atoms with van der Waals surface area (Å²) < 4.78 is 0.967. The molecule has 0 aliphatic rings. The van der Waals surface area contributed by atoms with Gasteiger partial charge in [0.15, 0.2) is 0 Å². The molecule has 1 amide bonds. The first-order valence-corrected chi connectivity index (χ1v) is 7.30. The molecule has 0 bridgehead atoms. The highest BCUT2D eigenvalue weighted by Crippen LogP contribution is 2.22. The fraction of sp³-hybridized carbons (Fsp3) is 0.0909. The van der Waals surface area contributed by atoms with Crippen molar-refractivity contribution in [1.82, 2.24) is 10.3 Å². The number of hydrazine groups is 1. The van der Waals surface area contributed by atoms with Gasteiger partial charge < -0.3 is 10.7 Å². The minimum Gasteiger partial charge on any atom is -0.346 e.